The molecular formula is C27H31N3O. The van der Waals surface area contributed by atoms with Crippen LogP contribution in [0.1, 0.15) is 19.4 Å². The van der Waals surface area contributed by atoms with E-state index in [0.29, 0.717) is 6.61 Å². The SMILES string of the molecule is C=C/C=C\C=C(/C)CO/C(C)=C/C=C(\C=C)N/C=C1\C=C(c2ccccc2)N\C1=N\C. The van der Waals surface area contributed by atoms with E-state index in [-0.39, 0.29) is 0 Å². The minimum absolute atomic E-state index is 0.535. The van der Waals surface area contributed by atoms with Gasteiger partial charge in [-0.25, -0.2) is 0 Å². The van der Waals surface area contributed by atoms with Gasteiger partial charge in [-0.1, -0.05) is 67.8 Å². The number of nitrogens with zero attached hydrogens (tertiary/aromatic N) is 1. The fourth-order valence-electron chi connectivity index (χ4n) is 2.69. The van der Waals surface area contributed by atoms with Crippen LogP contribution in [0.15, 0.2) is 126 Å². The molecule has 1 aromatic carbocycles. The first-order chi connectivity index (χ1) is 15.1. The van der Waals surface area contributed by atoms with Crippen LogP contribution in [0, 0.1) is 0 Å². The van der Waals surface area contributed by atoms with E-state index >= 15 is 0 Å². The monoisotopic (exact) mass is 413 g/mol. The average molecular weight is 414 g/mol. The highest BCUT2D eigenvalue weighted by atomic mass is 16.5. The normalized spacial score (nSPS) is 17.6. The van der Waals surface area contributed by atoms with E-state index in [9.17, 15) is 0 Å². The molecule has 2 rings (SSSR count). The van der Waals surface area contributed by atoms with Gasteiger partial charge in [0.05, 0.1) is 5.76 Å². The van der Waals surface area contributed by atoms with Crippen LogP contribution in [-0.4, -0.2) is 19.5 Å². The Morgan fingerprint density at radius 3 is 2.55 bits per heavy atom. The van der Waals surface area contributed by atoms with E-state index in [2.05, 4.69) is 47.0 Å². The quantitative estimate of drug-likeness (QED) is 0.376. The molecule has 0 radical (unpaired) electrons. The first kappa shape index (κ1) is 23.5. The van der Waals surface area contributed by atoms with Crippen LogP contribution in [0.4, 0.5) is 0 Å². The maximum atomic E-state index is 5.78. The van der Waals surface area contributed by atoms with E-state index in [0.717, 1.165) is 39.7 Å². The van der Waals surface area contributed by atoms with Crippen molar-refractivity contribution in [3.05, 3.63) is 126 Å². The molecule has 0 aromatic heterocycles. The third kappa shape index (κ3) is 7.86. The Morgan fingerprint density at radius 2 is 1.87 bits per heavy atom. The largest absolute Gasteiger partial charge is 0.494 e. The summed E-state index contributed by atoms with van der Waals surface area (Å²) in [6.07, 6.45) is 17.2. The van der Waals surface area contributed by atoms with Crippen molar-refractivity contribution in [3.8, 4) is 0 Å². The Labute approximate surface area is 186 Å². The van der Waals surface area contributed by atoms with Crippen molar-refractivity contribution in [2.75, 3.05) is 13.7 Å². The minimum atomic E-state index is 0.535. The van der Waals surface area contributed by atoms with Crippen molar-refractivity contribution in [2.24, 2.45) is 4.99 Å². The van der Waals surface area contributed by atoms with E-state index < -0.39 is 0 Å². The van der Waals surface area contributed by atoms with Crippen LogP contribution >= 0.6 is 0 Å². The molecule has 0 saturated heterocycles. The summed E-state index contributed by atoms with van der Waals surface area (Å²) in [6.45, 7) is 12.0. The lowest BCUT2D eigenvalue weighted by molar-refractivity contribution is 0.242. The summed E-state index contributed by atoms with van der Waals surface area (Å²) in [4.78, 5) is 4.34. The lowest BCUT2D eigenvalue weighted by Gasteiger charge is -2.06. The van der Waals surface area contributed by atoms with Gasteiger partial charge in [0, 0.05) is 30.2 Å². The molecule has 1 aliphatic rings. The highest BCUT2D eigenvalue weighted by Crippen LogP contribution is 2.20. The summed E-state index contributed by atoms with van der Waals surface area (Å²) in [5.74, 6) is 1.64. The molecule has 0 bridgehead atoms. The summed E-state index contributed by atoms with van der Waals surface area (Å²) < 4.78 is 5.78. The lowest BCUT2D eigenvalue weighted by atomic mass is 10.1. The van der Waals surface area contributed by atoms with Crippen molar-refractivity contribution >= 4 is 11.5 Å². The van der Waals surface area contributed by atoms with E-state index in [1.165, 1.54) is 0 Å². The summed E-state index contributed by atoms with van der Waals surface area (Å²) in [7, 11) is 1.77. The first-order valence-corrected chi connectivity index (χ1v) is 10.1. The summed E-state index contributed by atoms with van der Waals surface area (Å²) in [5, 5.41) is 6.64. The number of ether oxygens (including phenoxy) is 1. The molecule has 4 nitrogen and oxygen atoms in total. The Hall–Kier alpha value is -3.79. The van der Waals surface area contributed by atoms with Gasteiger partial charge < -0.3 is 15.4 Å². The number of benzene rings is 1. The molecule has 1 aromatic rings. The first-order valence-electron chi connectivity index (χ1n) is 10.1. The fourth-order valence-corrected chi connectivity index (χ4v) is 2.69. The average Bonchev–Trinajstić information content (AvgIpc) is 3.22. The molecule has 1 aliphatic heterocycles. The van der Waals surface area contributed by atoms with Gasteiger partial charge in [0.1, 0.15) is 12.4 Å². The third-order valence-corrected chi connectivity index (χ3v) is 4.40. The second-order valence-electron chi connectivity index (χ2n) is 6.89. The smallest absolute Gasteiger partial charge is 0.134 e. The predicted octanol–water partition coefficient (Wildman–Crippen LogP) is 5.81. The van der Waals surface area contributed by atoms with Crippen LogP contribution in [0.25, 0.3) is 5.70 Å². The van der Waals surface area contributed by atoms with Crippen LogP contribution in [0.2, 0.25) is 0 Å². The summed E-state index contributed by atoms with van der Waals surface area (Å²) >= 11 is 0. The minimum Gasteiger partial charge on any atom is -0.494 e. The van der Waals surface area contributed by atoms with Gasteiger partial charge in [0.2, 0.25) is 0 Å². The predicted molar refractivity (Wildman–Crippen MR) is 133 cm³/mol. The molecule has 2 N–H and O–H groups in total. The molecule has 31 heavy (non-hydrogen) atoms. The lowest BCUT2D eigenvalue weighted by Crippen LogP contribution is -2.17. The van der Waals surface area contributed by atoms with Crippen molar-refractivity contribution in [2.45, 2.75) is 13.8 Å². The van der Waals surface area contributed by atoms with Gasteiger partial charge in [-0.05, 0) is 49.3 Å². The molecule has 0 amide bonds. The third-order valence-electron chi connectivity index (χ3n) is 4.40. The maximum Gasteiger partial charge on any atom is 0.134 e. The molecule has 4 heteroatoms. The van der Waals surface area contributed by atoms with E-state index in [4.69, 9.17) is 4.74 Å². The van der Waals surface area contributed by atoms with Gasteiger partial charge in [-0.15, -0.1) is 0 Å². The second kappa shape index (κ2) is 12.7. The number of aliphatic imine (C=N–C) groups is 1. The Bertz CT molecular complexity index is 987. The summed E-state index contributed by atoms with van der Waals surface area (Å²) in [5.41, 5.74) is 5.09. The van der Waals surface area contributed by atoms with Gasteiger partial charge in [0.15, 0.2) is 0 Å². The van der Waals surface area contributed by atoms with Gasteiger partial charge >= 0.3 is 0 Å². The molecule has 0 fully saturated rings. The maximum absolute atomic E-state index is 5.78. The molecule has 0 unspecified atom stereocenters. The number of hydrogen-bond donors (Lipinski definition) is 2. The van der Waals surface area contributed by atoms with Gasteiger partial charge in [0.25, 0.3) is 0 Å². The number of nitrogens with one attached hydrogen (secondary N) is 2. The van der Waals surface area contributed by atoms with E-state index in [1.54, 1.807) is 19.2 Å². The summed E-state index contributed by atoms with van der Waals surface area (Å²) in [6, 6.07) is 10.2. The van der Waals surface area contributed by atoms with Crippen molar-refractivity contribution in [1.29, 1.82) is 0 Å². The highest BCUT2D eigenvalue weighted by Gasteiger charge is 2.16. The Morgan fingerprint density at radius 1 is 1.10 bits per heavy atom. The van der Waals surface area contributed by atoms with Crippen LogP contribution in [-0.2, 0) is 4.74 Å². The van der Waals surface area contributed by atoms with Crippen molar-refractivity contribution < 1.29 is 4.74 Å². The molecule has 1 heterocycles. The van der Waals surface area contributed by atoms with Crippen LogP contribution < -0.4 is 10.6 Å². The topological polar surface area (TPSA) is 45.6 Å². The zero-order chi connectivity index (χ0) is 22.5. The number of amidine groups is 1. The molecule has 0 atom stereocenters. The number of hydrogen-bond acceptors (Lipinski definition) is 3. The van der Waals surface area contributed by atoms with Crippen molar-refractivity contribution in [3.63, 3.8) is 0 Å². The molecule has 0 aliphatic carbocycles. The van der Waals surface area contributed by atoms with E-state index in [1.807, 2.05) is 68.6 Å². The molecular weight excluding hydrogens is 382 g/mol. The molecule has 0 spiro atoms. The second-order valence-corrected chi connectivity index (χ2v) is 6.89. The Balaban J connectivity index is 2.04. The van der Waals surface area contributed by atoms with Crippen LogP contribution in [0.5, 0.6) is 0 Å². The highest BCUT2D eigenvalue weighted by molar-refractivity contribution is 6.11. The van der Waals surface area contributed by atoms with Crippen LogP contribution in [0.3, 0.4) is 0 Å². The Kier molecular flexibility index (Phi) is 9.63. The molecule has 0 saturated carbocycles. The fraction of sp³-hybridized carbons (Fsp3) is 0.148. The zero-order valence-electron chi connectivity index (χ0n) is 18.6. The molecule has 160 valence electrons. The standard InChI is InChI=1S/C27H31N3O/c1-6-8-10-13-21(3)20-31-22(4)16-17-25(7-2)29-19-24-18-26(30-27(24)28-5)23-14-11-9-12-15-23/h6-19,29H,1-2,20H2,3-5H3,(H,28,30)/b10-8-,21-13+,22-16+,24-19+,25-17+. The number of allylic oxidation sites excluding steroid dienone is 8. The zero-order valence-corrected chi connectivity index (χ0v) is 18.6. The van der Waals surface area contributed by atoms with Gasteiger partial charge in [-0.2, -0.15) is 0 Å². The van der Waals surface area contributed by atoms with Crippen molar-refractivity contribution in [1.82, 2.24) is 10.6 Å². The van der Waals surface area contributed by atoms with Gasteiger partial charge in [-0.3, -0.25) is 4.99 Å². The number of rotatable bonds is 10.